The highest BCUT2D eigenvalue weighted by molar-refractivity contribution is 9.10. The fraction of sp³-hybridized carbons (Fsp3) is 0.333. The van der Waals surface area contributed by atoms with Gasteiger partial charge in [0, 0.05) is 29.8 Å². The average molecular weight is 345 g/mol. The summed E-state index contributed by atoms with van der Waals surface area (Å²) >= 11 is 3.69. The van der Waals surface area contributed by atoms with Crippen LogP contribution < -0.4 is 10.6 Å². The predicted octanol–water partition coefficient (Wildman–Crippen LogP) is 4.25. The lowest BCUT2D eigenvalue weighted by Crippen LogP contribution is -2.23. The van der Waals surface area contributed by atoms with Crippen LogP contribution in [-0.4, -0.2) is 6.54 Å². The lowest BCUT2D eigenvalue weighted by atomic mass is 10.1. The Labute approximate surface area is 135 Å². The number of anilines is 1. The number of hydrogen-bond donors (Lipinski definition) is 1. The maximum atomic E-state index is 5.71. The highest BCUT2D eigenvalue weighted by Gasteiger charge is 2.15. The van der Waals surface area contributed by atoms with Crippen molar-refractivity contribution in [3.8, 4) is 0 Å². The Kier molecular flexibility index (Phi) is 4.61. The Hall–Kier alpha value is -1.32. The molecule has 0 atom stereocenters. The number of hydrogen-bond acceptors (Lipinski definition) is 2. The first-order valence-corrected chi connectivity index (χ1v) is 8.37. The smallest absolute Gasteiger partial charge is 0.0440 e. The topological polar surface area (TPSA) is 29.3 Å². The van der Waals surface area contributed by atoms with E-state index in [1.54, 1.807) is 0 Å². The van der Waals surface area contributed by atoms with Crippen molar-refractivity contribution in [2.75, 3.05) is 11.4 Å². The van der Waals surface area contributed by atoms with E-state index in [0.717, 1.165) is 17.6 Å². The lowest BCUT2D eigenvalue weighted by Gasteiger charge is -2.25. The van der Waals surface area contributed by atoms with Crippen molar-refractivity contribution in [1.29, 1.82) is 0 Å². The zero-order valence-electron chi connectivity index (χ0n) is 12.2. The van der Waals surface area contributed by atoms with Gasteiger partial charge >= 0.3 is 0 Å². The van der Waals surface area contributed by atoms with Crippen molar-refractivity contribution >= 4 is 21.6 Å². The SMILES string of the molecule is NCc1ccc(CN2CCCCc3ccccc32)c(Br)c1. The molecule has 0 spiro atoms. The number of nitrogens with two attached hydrogens (primary N) is 1. The fourth-order valence-corrected chi connectivity index (χ4v) is 3.54. The molecule has 0 fully saturated rings. The molecule has 0 aromatic heterocycles. The van der Waals surface area contributed by atoms with Crippen molar-refractivity contribution in [2.45, 2.75) is 32.4 Å². The van der Waals surface area contributed by atoms with Gasteiger partial charge in [-0.15, -0.1) is 0 Å². The summed E-state index contributed by atoms with van der Waals surface area (Å²) in [5, 5.41) is 0. The molecular formula is C18H21BrN2. The number of rotatable bonds is 3. The minimum atomic E-state index is 0.589. The van der Waals surface area contributed by atoms with Gasteiger partial charge < -0.3 is 10.6 Å². The largest absolute Gasteiger partial charge is 0.367 e. The molecule has 0 radical (unpaired) electrons. The summed E-state index contributed by atoms with van der Waals surface area (Å²) in [7, 11) is 0. The Bertz CT molecular complexity index is 624. The van der Waals surface area contributed by atoms with Crippen LogP contribution in [0, 0.1) is 0 Å². The van der Waals surface area contributed by atoms with E-state index in [9.17, 15) is 0 Å². The fourth-order valence-electron chi connectivity index (χ4n) is 2.99. The third-order valence-corrected chi connectivity index (χ3v) is 4.91. The lowest BCUT2D eigenvalue weighted by molar-refractivity contribution is 0.713. The van der Waals surface area contributed by atoms with Crippen LogP contribution in [0.25, 0.3) is 0 Å². The van der Waals surface area contributed by atoms with E-state index in [1.165, 1.54) is 41.6 Å². The van der Waals surface area contributed by atoms with Crippen molar-refractivity contribution in [2.24, 2.45) is 5.73 Å². The second kappa shape index (κ2) is 6.63. The predicted molar refractivity (Wildman–Crippen MR) is 92.5 cm³/mol. The number of para-hydroxylation sites is 1. The number of halogens is 1. The molecule has 0 unspecified atom stereocenters. The number of nitrogens with zero attached hydrogens (tertiary/aromatic N) is 1. The molecule has 0 bridgehead atoms. The minimum Gasteiger partial charge on any atom is -0.367 e. The van der Waals surface area contributed by atoms with E-state index in [2.05, 4.69) is 63.3 Å². The molecule has 0 aliphatic carbocycles. The molecule has 2 aromatic rings. The molecule has 0 saturated carbocycles. The van der Waals surface area contributed by atoms with Gasteiger partial charge in [0.2, 0.25) is 0 Å². The maximum absolute atomic E-state index is 5.71. The molecule has 110 valence electrons. The van der Waals surface area contributed by atoms with E-state index in [4.69, 9.17) is 5.73 Å². The summed E-state index contributed by atoms with van der Waals surface area (Å²) < 4.78 is 1.16. The molecule has 3 heteroatoms. The summed E-state index contributed by atoms with van der Waals surface area (Å²) in [6, 6.07) is 15.3. The normalized spacial score (nSPS) is 14.7. The van der Waals surface area contributed by atoms with Gasteiger partial charge in [-0.3, -0.25) is 0 Å². The minimum absolute atomic E-state index is 0.589. The molecule has 2 aromatic carbocycles. The van der Waals surface area contributed by atoms with Gasteiger partial charge in [0.15, 0.2) is 0 Å². The molecule has 1 aliphatic rings. The molecule has 1 heterocycles. The maximum Gasteiger partial charge on any atom is 0.0440 e. The molecular weight excluding hydrogens is 324 g/mol. The highest BCUT2D eigenvalue weighted by atomic mass is 79.9. The molecule has 3 rings (SSSR count). The Morgan fingerprint density at radius 3 is 2.76 bits per heavy atom. The van der Waals surface area contributed by atoms with Gasteiger partial charge in [-0.25, -0.2) is 0 Å². The summed E-state index contributed by atoms with van der Waals surface area (Å²) in [6.07, 6.45) is 3.73. The van der Waals surface area contributed by atoms with E-state index >= 15 is 0 Å². The first kappa shape index (κ1) is 14.6. The average Bonchev–Trinajstić information content (AvgIpc) is 2.72. The van der Waals surface area contributed by atoms with Gasteiger partial charge in [-0.1, -0.05) is 46.3 Å². The molecule has 2 N–H and O–H groups in total. The van der Waals surface area contributed by atoms with Crippen molar-refractivity contribution in [1.82, 2.24) is 0 Å². The first-order valence-electron chi connectivity index (χ1n) is 7.58. The molecule has 1 aliphatic heterocycles. The van der Waals surface area contributed by atoms with Gasteiger partial charge in [-0.05, 0) is 48.1 Å². The van der Waals surface area contributed by atoms with Gasteiger partial charge in [0.1, 0.15) is 0 Å². The summed E-state index contributed by atoms with van der Waals surface area (Å²) in [5.74, 6) is 0. The third kappa shape index (κ3) is 3.30. The van der Waals surface area contributed by atoms with Crippen LogP contribution in [-0.2, 0) is 19.5 Å². The molecule has 2 nitrogen and oxygen atoms in total. The summed E-state index contributed by atoms with van der Waals surface area (Å²) in [6.45, 7) is 2.66. The quantitative estimate of drug-likeness (QED) is 0.901. The summed E-state index contributed by atoms with van der Waals surface area (Å²) in [5.41, 5.74) is 11.1. The Balaban J connectivity index is 1.87. The van der Waals surface area contributed by atoms with E-state index in [0.29, 0.717) is 6.54 Å². The zero-order chi connectivity index (χ0) is 14.7. The Morgan fingerprint density at radius 1 is 1.10 bits per heavy atom. The summed E-state index contributed by atoms with van der Waals surface area (Å²) in [4.78, 5) is 2.50. The zero-order valence-corrected chi connectivity index (χ0v) is 13.8. The van der Waals surface area contributed by atoms with Gasteiger partial charge in [-0.2, -0.15) is 0 Å². The van der Waals surface area contributed by atoms with Crippen molar-refractivity contribution in [3.63, 3.8) is 0 Å². The number of benzene rings is 2. The standard InChI is InChI=1S/C18H21BrN2/c19-17-11-14(12-20)8-9-16(17)13-21-10-4-3-6-15-5-1-2-7-18(15)21/h1-2,5,7-9,11H,3-4,6,10,12-13,20H2. The number of aryl methyl sites for hydroxylation is 1. The third-order valence-electron chi connectivity index (χ3n) is 4.17. The van der Waals surface area contributed by atoms with Crippen molar-refractivity contribution < 1.29 is 0 Å². The van der Waals surface area contributed by atoms with Crippen LogP contribution in [0.1, 0.15) is 29.5 Å². The second-order valence-electron chi connectivity index (χ2n) is 5.64. The Morgan fingerprint density at radius 2 is 1.95 bits per heavy atom. The van der Waals surface area contributed by atoms with Crippen LogP contribution in [0.4, 0.5) is 5.69 Å². The highest BCUT2D eigenvalue weighted by Crippen LogP contribution is 2.29. The van der Waals surface area contributed by atoms with Crippen LogP contribution in [0.2, 0.25) is 0 Å². The second-order valence-corrected chi connectivity index (χ2v) is 6.49. The van der Waals surface area contributed by atoms with Gasteiger partial charge in [0.25, 0.3) is 0 Å². The molecule has 0 amide bonds. The molecule has 0 saturated heterocycles. The van der Waals surface area contributed by atoms with E-state index in [-0.39, 0.29) is 0 Å². The van der Waals surface area contributed by atoms with E-state index < -0.39 is 0 Å². The monoisotopic (exact) mass is 344 g/mol. The van der Waals surface area contributed by atoms with Crippen LogP contribution in [0.3, 0.4) is 0 Å². The van der Waals surface area contributed by atoms with Crippen LogP contribution in [0.5, 0.6) is 0 Å². The van der Waals surface area contributed by atoms with Crippen molar-refractivity contribution in [3.05, 3.63) is 63.6 Å². The van der Waals surface area contributed by atoms with Crippen LogP contribution in [0.15, 0.2) is 46.9 Å². The molecule has 21 heavy (non-hydrogen) atoms. The first-order chi connectivity index (χ1) is 10.3. The van der Waals surface area contributed by atoms with Crippen LogP contribution >= 0.6 is 15.9 Å². The number of fused-ring (bicyclic) bond motifs is 1. The van der Waals surface area contributed by atoms with E-state index in [1.807, 2.05) is 0 Å². The van der Waals surface area contributed by atoms with Gasteiger partial charge in [0.05, 0.1) is 0 Å².